The highest BCUT2D eigenvalue weighted by atomic mass is 35.5. The Morgan fingerprint density at radius 3 is 2.47 bits per heavy atom. The van der Waals surface area contributed by atoms with Gasteiger partial charge >= 0.3 is 0 Å². The standard InChI is InChI=1S/C15H17N.ClH/c16-15(9-11-5-6-11)14-8-7-12-3-1-2-4-13(12)10-14;/h1-4,7-8,10-11,15H,5-6,9,16H2;1H/t15-;/m0./s1. The van der Waals surface area contributed by atoms with Crippen LogP contribution < -0.4 is 5.73 Å². The zero-order valence-electron chi connectivity index (χ0n) is 9.80. The van der Waals surface area contributed by atoms with Crippen LogP contribution in [0.25, 0.3) is 10.8 Å². The number of hydrogen-bond acceptors (Lipinski definition) is 1. The van der Waals surface area contributed by atoms with Crippen LogP contribution in [0.3, 0.4) is 0 Å². The van der Waals surface area contributed by atoms with Gasteiger partial charge in [0.05, 0.1) is 0 Å². The highest BCUT2D eigenvalue weighted by molar-refractivity contribution is 5.85. The Morgan fingerprint density at radius 1 is 1.06 bits per heavy atom. The Kier molecular flexibility index (Phi) is 3.70. The molecule has 2 heteroatoms. The summed E-state index contributed by atoms with van der Waals surface area (Å²) in [7, 11) is 0. The molecule has 0 unspecified atom stereocenters. The number of halogens is 1. The van der Waals surface area contributed by atoms with Crippen LogP contribution >= 0.6 is 12.4 Å². The normalized spacial score (nSPS) is 16.5. The Labute approximate surface area is 108 Å². The van der Waals surface area contributed by atoms with E-state index in [0.717, 1.165) is 12.3 Å². The molecule has 1 nitrogen and oxygen atoms in total. The van der Waals surface area contributed by atoms with E-state index in [0.29, 0.717) is 0 Å². The quantitative estimate of drug-likeness (QED) is 0.870. The topological polar surface area (TPSA) is 26.0 Å². The SMILES string of the molecule is Cl.N[C@@H](CC1CC1)c1ccc2ccccc2c1. The van der Waals surface area contributed by atoms with Crippen molar-refractivity contribution in [1.29, 1.82) is 0 Å². The third-order valence-corrected chi connectivity index (χ3v) is 3.49. The smallest absolute Gasteiger partial charge is 0.0297 e. The van der Waals surface area contributed by atoms with E-state index in [1.165, 1.54) is 29.2 Å². The average Bonchev–Trinajstić information content (AvgIpc) is 3.12. The van der Waals surface area contributed by atoms with Crippen LogP contribution in [0.4, 0.5) is 0 Å². The van der Waals surface area contributed by atoms with Crippen LogP contribution in [0.1, 0.15) is 30.9 Å². The number of nitrogens with two attached hydrogens (primary N) is 1. The van der Waals surface area contributed by atoms with Crippen molar-refractivity contribution in [2.45, 2.75) is 25.3 Å². The Bertz CT molecular complexity index is 505. The summed E-state index contributed by atoms with van der Waals surface area (Å²) in [6.45, 7) is 0. The molecule has 1 aliphatic rings. The van der Waals surface area contributed by atoms with Crippen LogP contribution in [-0.2, 0) is 0 Å². The fourth-order valence-corrected chi connectivity index (χ4v) is 2.29. The number of fused-ring (bicyclic) bond motifs is 1. The summed E-state index contributed by atoms with van der Waals surface area (Å²) < 4.78 is 0. The molecule has 0 aromatic heterocycles. The summed E-state index contributed by atoms with van der Waals surface area (Å²) in [5.74, 6) is 0.890. The maximum absolute atomic E-state index is 6.23. The number of hydrogen-bond donors (Lipinski definition) is 1. The average molecular weight is 248 g/mol. The minimum atomic E-state index is 0. The van der Waals surface area contributed by atoms with Gasteiger partial charge in [-0.25, -0.2) is 0 Å². The molecule has 1 atom stereocenters. The van der Waals surface area contributed by atoms with Crippen molar-refractivity contribution in [3.8, 4) is 0 Å². The fraction of sp³-hybridized carbons (Fsp3) is 0.333. The van der Waals surface area contributed by atoms with Gasteiger partial charge in [0, 0.05) is 6.04 Å². The Hall–Kier alpha value is -1.05. The molecule has 0 bridgehead atoms. The first kappa shape index (κ1) is 12.4. The number of rotatable bonds is 3. The van der Waals surface area contributed by atoms with E-state index in [9.17, 15) is 0 Å². The van der Waals surface area contributed by atoms with Crippen molar-refractivity contribution in [3.63, 3.8) is 0 Å². The molecule has 90 valence electrons. The van der Waals surface area contributed by atoms with Crippen molar-refractivity contribution in [3.05, 3.63) is 48.0 Å². The van der Waals surface area contributed by atoms with Crippen molar-refractivity contribution >= 4 is 23.2 Å². The predicted octanol–water partition coefficient (Wildman–Crippen LogP) is 4.06. The lowest BCUT2D eigenvalue weighted by molar-refractivity contribution is 0.597. The van der Waals surface area contributed by atoms with Gasteiger partial charge < -0.3 is 5.73 Å². The van der Waals surface area contributed by atoms with E-state index in [4.69, 9.17) is 5.73 Å². The second-order valence-electron chi connectivity index (χ2n) is 4.89. The molecule has 3 rings (SSSR count). The monoisotopic (exact) mass is 247 g/mol. The van der Waals surface area contributed by atoms with Crippen LogP contribution in [-0.4, -0.2) is 0 Å². The molecule has 2 aromatic carbocycles. The van der Waals surface area contributed by atoms with Crippen LogP contribution in [0.2, 0.25) is 0 Å². The second kappa shape index (κ2) is 5.07. The molecule has 2 aromatic rings. The maximum atomic E-state index is 6.23. The Balaban J connectivity index is 0.00000108. The molecule has 0 radical (unpaired) electrons. The van der Waals surface area contributed by atoms with E-state index >= 15 is 0 Å². The zero-order valence-corrected chi connectivity index (χ0v) is 10.6. The largest absolute Gasteiger partial charge is 0.324 e. The Morgan fingerprint density at radius 2 is 1.76 bits per heavy atom. The van der Waals surface area contributed by atoms with Crippen molar-refractivity contribution in [2.24, 2.45) is 11.7 Å². The predicted molar refractivity (Wildman–Crippen MR) is 75.5 cm³/mol. The lowest BCUT2D eigenvalue weighted by Crippen LogP contribution is -2.10. The highest BCUT2D eigenvalue weighted by Gasteiger charge is 2.24. The zero-order chi connectivity index (χ0) is 11.0. The molecule has 2 N–H and O–H groups in total. The van der Waals surface area contributed by atoms with Gasteiger partial charge in [-0.15, -0.1) is 12.4 Å². The van der Waals surface area contributed by atoms with E-state index < -0.39 is 0 Å². The molecule has 0 heterocycles. The minimum absolute atomic E-state index is 0. The molecule has 1 saturated carbocycles. The van der Waals surface area contributed by atoms with Gasteiger partial charge in [0.2, 0.25) is 0 Å². The van der Waals surface area contributed by atoms with Gasteiger partial charge in [-0.1, -0.05) is 49.2 Å². The van der Waals surface area contributed by atoms with Gasteiger partial charge in [0.15, 0.2) is 0 Å². The van der Waals surface area contributed by atoms with Crippen molar-refractivity contribution in [2.75, 3.05) is 0 Å². The highest BCUT2D eigenvalue weighted by Crippen LogP contribution is 2.37. The van der Waals surface area contributed by atoms with Crippen LogP contribution in [0, 0.1) is 5.92 Å². The van der Waals surface area contributed by atoms with Gasteiger partial charge in [-0.05, 0) is 34.7 Å². The van der Waals surface area contributed by atoms with Gasteiger partial charge in [0.1, 0.15) is 0 Å². The van der Waals surface area contributed by atoms with Gasteiger partial charge in [-0.3, -0.25) is 0 Å². The summed E-state index contributed by atoms with van der Waals surface area (Å²) >= 11 is 0. The molecule has 0 aliphatic heterocycles. The van der Waals surface area contributed by atoms with Crippen molar-refractivity contribution < 1.29 is 0 Å². The van der Waals surface area contributed by atoms with Crippen LogP contribution in [0.15, 0.2) is 42.5 Å². The summed E-state index contributed by atoms with van der Waals surface area (Å²) in [4.78, 5) is 0. The number of benzene rings is 2. The molecule has 0 saturated heterocycles. The fourth-order valence-electron chi connectivity index (χ4n) is 2.29. The molecular weight excluding hydrogens is 230 g/mol. The molecule has 17 heavy (non-hydrogen) atoms. The molecular formula is C15H18ClN. The second-order valence-corrected chi connectivity index (χ2v) is 4.89. The molecule has 1 fully saturated rings. The van der Waals surface area contributed by atoms with E-state index in [1.54, 1.807) is 0 Å². The summed E-state index contributed by atoms with van der Waals surface area (Å²) in [6, 6.07) is 15.3. The molecule has 0 amide bonds. The van der Waals surface area contributed by atoms with E-state index in [1.807, 2.05) is 0 Å². The summed E-state index contributed by atoms with van der Waals surface area (Å²) in [5, 5.41) is 2.59. The molecule has 1 aliphatic carbocycles. The minimum Gasteiger partial charge on any atom is -0.324 e. The first-order valence-corrected chi connectivity index (χ1v) is 6.07. The van der Waals surface area contributed by atoms with Crippen molar-refractivity contribution in [1.82, 2.24) is 0 Å². The first-order chi connectivity index (χ1) is 7.83. The first-order valence-electron chi connectivity index (χ1n) is 6.07. The maximum Gasteiger partial charge on any atom is 0.0297 e. The lowest BCUT2D eigenvalue weighted by Gasteiger charge is -2.12. The van der Waals surface area contributed by atoms with Gasteiger partial charge in [-0.2, -0.15) is 0 Å². The van der Waals surface area contributed by atoms with E-state index in [2.05, 4.69) is 42.5 Å². The van der Waals surface area contributed by atoms with Crippen LogP contribution in [0.5, 0.6) is 0 Å². The summed E-state index contributed by atoms with van der Waals surface area (Å²) in [6.07, 6.45) is 3.90. The third kappa shape index (κ3) is 2.80. The van der Waals surface area contributed by atoms with Gasteiger partial charge in [0.25, 0.3) is 0 Å². The lowest BCUT2D eigenvalue weighted by atomic mass is 9.99. The van der Waals surface area contributed by atoms with E-state index in [-0.39, 0.29) is 18.4 Å². The molecule has 0 spiro atoms. The third-order valence-electron chi connectivity index (χ3n) is 3.49. The summed E-state index contributed by atoms with van der Waals surface area (Å²) in [5.41, 5.74) is 7.51.